The van der Waals surface area contributed by atoms with Crippen molar-refractivity contribution < 1.29 is 14.3 Å². The number of carbonyl (C=O) groups is 1. The Balaban J connectivity index is 1.80. The largest absolute Gasteiger partial charge is 0.493 e. The van der Waals surface area contributed by atoms with Crippen molar-refractivity contribution in [1.82, 2.24) is 15.6 Å². The Morgan fingerprint density at radius 2 is 1.96 bits per heavy atom. The third-order valence-corrected chi connectivity index (χ3v) is 3.32. The maximum Gasteiger partial charge on any atom is 0.315 e. The molecule has 0 spiro atoms. The van der Waals surface area contributed by atoms with Gasteiger partial charge in [-0.15, -0.1) is 0 Å². The molecule has 2 amide bonds. The minimum absolute atomic E-state index is 0.231. The lowest BCUT2D eigenvalue weighted by molar-refractivity contribution is 0.240. The van der Waals surface area contributed by atoms with Crippen LogP contribution in [0.1, 0.15) is 11.3 Å². The molecule has 2 aromatic rings. The number of nitrogens with one attached hydrogen (secondary N) is 2. The highest BCUT2D eigenvalue weighted by Gasteiger charge is 2.10. The molecule has 0 saturated carbocycles. The van der Waals surface area contributed by atoms with Crippen molar-refractivity contribution >= 4 is 6.03 Å². The van der Waals surface area contributed by atoms with Crippen LogP contribution in [0.4, 0.5) is 4.79 Å². The number of urea groups is 1. The zero-order valence-corrected chi connectivity index (χ0v) is 13.3. The standard InChI is InChI=1S/C17H21N3O3/c1-22-15-8-5-6-13(16(15)23-2)12-20-17(21)19-11-9-14-7-3-4-10-18-14/h3-8,10H,9,11-12H2,1-2H3,(H2,19,20,21). The summed E-state index contributed by atoms with van der Waals surface area (Å²) in [5.74, 6) is 1.27. The van der Waals surface area contributed by atoms with Crippen LogP contribution in [0.25, 0.3) is 0 Å². The number of nitrogens with zero attached hydrogens (tertiary/aromatic N) is 1. The van der Waals surface area contributed by atoms with Gasteiger partial charge in [0.25, 0.3) is 0 Å². The third kappa shape index (κ3) is 4.88. The second kappa shape index (κ2) is 8.63. The number of ether oxygens (including phenoxy) is 2. The van der Waals surface area contributed by atoms with Gasteiger partial charge in [0, 0.05) is 37.0 Å². The normalized spacial score (nSPS) is 10.0. The van der Waals surface area contributed by atoms with Crippen molar-refractivity contribution in [3.05, 3.63) is 53.9 Å². The van der Waals surface area contributed by atoms with Crippen LogP contribution < -0.4 is 20.1 Å². The van der Waals surface area contributed by atoms with Crippen LogP contribution in [0.2, 0.25) is 0 Å². The molecule has 1 aromatic carbocycles. The highest BCUT2D eigenvalue weighted by atomic mass is 16.5. The van der Waals surface area contributed by atoms with Gasteiger partial charge in [-0.25, -0.2) is 4.79 Å². The minimum Gasteiger partial charge on any atom is -0.493 e. The molecule has 2 rings (SSSR count). The Bertz CT molecular complexity index is 632. The van der Waals surface area contributed by atoms with E-state index in [1.165, 1.54) is 0 Å². The number of methoxy groups -OCH3 is 2. The fraction of sp³-hybridized carbons (Fsp3) is 0.294. The van der Waals surface area contributed by atoms with Gasteiger partial charge in [-0.05, 0) is 18.2 Å². The minimum atomic E-state index is -0.231. The van der Waals surface area contributed by atoms with E-state index >= 15 is 0 Å². The van der Waals surface area contributed by atoms with E-state index in [1.54, 1.807) is 20.4 Å². The summed E-state index contributed by atoms with van der Waals surface area (Å²) in [4.78, 5) is 16.1. The van der Waals surface area contributed by atoms with Crippen LogP contribution in [0.3, 0.4) is 0 Å². The van der Waals surface area contributed by atoms with Crippen LogP contribution >= 0.6 is 0 Å². The number of rotatable bonds is 7. The number of benzene rings is 1. The van der Waals surface area contributed by atoms with E-state index in [9.17, 15) is 4.79 Å². The van der Waals surface area contributed by atoms with E-state index < -0.39 is 0 Å². The Morgan fingerprint density at radius 1 is 1.09 bits per heavy atom. The van der Waals surface area contributed by atoms with Crippen LogP contribution in [-0.2, 0) is 13.0 Å². The van der Waals surface area contributed by atoms with Crippen LogP contribution in [0, 0.1) is 0 Å². The number of aromatic nitrogens is 1. The van der Waals surface area contributed by atoms with Gasteiger partial charge in [-0.2, -0.15) is 0 Å². The van der Waals surface area contributed by atoms with Crippen molar-refractivity contribution in [3.8, 4) is 11.5 Å². The molecule has 2 N–H and O–H groups in total. The molecule has 0 saturated heterocycles. The SMILES string of the molecule is COc1cccc(CNC(=O)NCCc2ccccn2)c1OC. The van der Waals surface area contributed by atoms with Gasteiger partial charge >= 0.3 is 6.03 Å². The van der Waals surface area contributed by atoms with E-state index in [1.807, 2.05) is 36.4 Å². The van der Waals surface area contributed by atoms with Crippen molar-refractivity contribution in [1.29, 1.82) is 0 Å². The molecule has 0 atom stereocenters. The molecule has 0 bridgehead atoms. The van der Waals surface area contributed by atoms with Crippen molar-refractivity contribution in [2.75, 3.05) is 20.8 Å². The fourth-order valence-electron chi connectivity index (χ4n) is 2.18. The van der Waals surface area contributed by atoms with Gasteiger partial charge in [0.15, 0.2) is 11.5 Å². The first kappa shape index (κ1) is 16.6. The summed E-state index contributed by atoms with van der Waals surface area (Å²) in [6.45, 7) is 0.883. The molecule has 0 aliphatic rings. The summed E-state index contributed by atoms with van der Waals surface area (Å²) >= 11 is 0. The molecule has 6 nitrogen and oxygen atoms in total. The van der Waals surface area contributed by atoms with E-state index in [2.05, 4.69) is 15.6 Å². The summed E-state index contributed by atoms with van der Waals surface area (Å²) in [5.41, 5.74) is 1.80. The first-order chi connectivity index (χ1) is 11.2. The number of hydrogen-bond acceptors (Lipinski definition) is 4. The summed E-state index contributed by atoms with van der Waals surface area (Å²) in [7, 11) is 3.16. The van der Waals surface area contributed by atoms with Gasteiger partial charge in [-0.3, -0.25) is 4.98 Å². The molecule has 0 aliphatic heterocycles. The predicted octanol–water partition coefficient (Wildman–Crippen LogP) is 2.14. The topological polar surface area (TPSA) is 72.5 Å². The number of pyridine rings is 1. The lowest BCUT2D eigenvalue weighted by atomic mass is 10.2. The lowest BCUT2D eigenvalue weighted by Gasteiger charge is -2.13. The molecule has 0 aliphatic carbocycles. The predicted molar refractivity (Wildman–Crippen MR) is 87.7 cm³/mol. The van der Waals surface area contributed by atoms with Gasteiger partial charge in [0.1, 0.15) is 0 Å². The number of hydrogen-bond donors (Lipinski definition) is 2. The smallest absolute Gasteiger partial charge is 0.315 e. The van der Waals surface area contributed by atoms with Crippen LogP contribution in [-0.4, -0.2) is 31.8 Å². The van der Waals surface area contributed by atoms with Crippen molar-refractivity contribution in [3.63, 3.8) is 0 Å². The number of carbonyl (C=O) groups excluding carboxylic acids is 1. The van der Waals surface area contributed by atoms with Gasteiger partial charge in [-0.1, -0.05) is 18.2 Å². The fourth-order valence-corrected chi connectivity index (χ4v) is 2.18. The Hall–Kier alpha value is -2.76. The van der Waals surface area contributed by atoms with Crippen molar-refractivity contribution in [2.24, 2.45) is 0 Å². The van der Waals surface area contributed by atoms with Crippen LogP contribution in [0.5, 0.6) is 11.5 Å². The zero-order valence-electron chi connectivity index (χ0n) is 13.3. The zero-order chi connectivity index (χ0) is 16.5. The van der Waals surface area contributed by atoms with E-state index in [-0.39, 0.29) is 6.03 Å². The number of para-hydroxylation sites is 1. The molecule has 0 fully saturated rings. The Labute approximate surface area is 135 Å². The monoisotopic (exact) mass is 315 g/mol. The second-order valence-electron chi connectivity index (χ2n) is 4.83. The Kier molecular flexibility index (Phi) is 6.23. The van der Waals surface area contributed by atoms with Gasteiger partial charge < -0.3 is 20.1 Å². The molecule has 122 valence electrons. The maximum atomic E-state index is 11.8. The van der Waals surface area contributed by atoms with Crippen LogP contribution in [0.15, 0.2) is 42.6 Å². The highest BCUT2D eigenvalue weighted by molar-refractivity contribution is 5.74. The van der Waals surface area contributed by atoms with Crippen molar-refractivity contribution in [2.45, 2.75) is 13.0 Å². The summed E-state index contributed by atoms with van der Waals surface area (Å²) in [6, 6.07) is 11.1. The summed E-state index contributed by atoms with van der Waals surface area (Å²) in [5, 5.41) is 5.61. The molecule has 0 unspecified atom stereocenters. The molecule has 0 radical (unpaired) electrons. The molecule has 23 heavy (non-hydrogen) atoms. The third-order valence-electron chi connectivity index (χ3n) is 3.32. The first-order valence-corrected chi connectivity index (χ1v) is 7.36. The highest BCUT2D eigenvalue weighted by Crippen LogP contribution is 2.30. The quantitative estimate of drug-likeness (QED) is 0.821. The van der Waals surface area contributed by atoms with E-state index in [0.29, 0.717) is 31.0 Å². The molecule has 1 heterocycles. The first-order valence-electron chi connectivity index (χ1n) is 7.36. The summed E-state index contributed by atoms with van der Waals surface area (Å²) < 4.78 is 10.6. The average Bonchev–Trinajstić information content (AvgIpc) is 2.60. The average molecular weight is 315 g/mol. The van der Waals surface area contributed by atoms with E-state index in [0.717, 1.165) is 11.3 Å². The summed E-state index contributed by atoms with van der Waals surface area (Å²) in [6.07, 6.45) is 2.43. The maximum absolute atomic E-state index is 11.8. The lowest BCUT2D eigenvalue weighted by Crippen LogP contribution is -2.36. The van der Waals surface area contributed by atoms with Gasteiger partial charge in [0.2, 0.25) is 0 Å². The Morgan fingerprint density at radius 3 is 2.65 bits per heavy atom. The van der Waals surface area contributed by atoms with E-state index in [4.69, 9.17) is 9.47 Å². The molecular formula is C17H21N3O3. The van der Waals surface area contributed by atoms with Gasteiger partial charge in [0.05, 0.1) is 14.2 Å². The molecule has 6 heteroatoms. The molecular weight excluding hydrogens is 294 g/mol. The second-order valence-corrected chi connectivity index (χ2v) is 4.83. The number of amides is 2. The molecule has 1 aromatic heterocycles.